The van der Waals surface area contributed by atoms with Gasteiger partial charge in [0, 0.05) is 12.1 Å². The lowest BCUT2D eigenvalue weighted by atomic mass is 10.1. The molecule has 1 atom stereocenters. The van der Waals surface area contributed by atoms with Crippen molar-refractivity contribution in [3.05, 3.63) is 63.7 Å². The van der Waals surface area contributed by atoms with Gasteiger partial charge in [-0.1, -0.05) is 18.2 Å². The third-order valence-corrected chi connectivity index (χ3v) is 3.17. The summed E-state index contributed by atoms with van der Waals surface area (Å²) in [6, 6.07) is 12.1. The van der Waals surface area contributed by atoms with E-state index in [1.54, 1.807) is 19.2 Å². The van der Waals surface area contributed by atoms with Crippen molar-refractivity contribution in [2.24, 2.45) is 0 Å². The van der Waals surface area contributed by atoms with E-state index in [4.69, 9.17) is 9.47 Å². The fraction of sp³-hybridized carbons (Fsp3) is 0.250. The van der Waals surface area contributed by atoms with Gasteiger partial charge >= 0.3 is 0 Å². The molecule has 0 saturated heterocycles. The quantitative estimate of drug-likeness (QED) is 0.614. The molecule has 0 heterocycles. The molecule has 0 aliphatic heterocycles. The van der Waals surface area contributed by atoms with Crippen LogP contribution < -0.4 is 9.47 Å². The SMILES string of the molecule is COc1cc(C)ccc1O[C@@H](C)c1cccc([N+](=O)[O-])c1. The first-order chi connectivity index (χ1) is 10.0. The maximum absolute atomic E-state index is 10.8. The Balaban J connectivity index is 2.23. The molecule has 5 heteroatoms. The minimum Gasteiger partial charge on any atom is -0.493 e. The Morgan fingerprint density at radius 2 is 1.90 bits per heavy atom. The molecular weight excluding hydrogens is 270 g/mol. The minimum atomic E-state index is -0.414. The van der Waals surface area contributed by atoms with Crippen molar-refractivity contribution in [1.29, 1.82) is 0 Å². The number of nitro groups is 1. The van der Waals surface area contributed by atoms with Crippen LogP contribution in [0.1, 0.15) is 24.2 Å². The van der Waals surface area contributed by atoms with Gasteiger partial charge in [-0.2, -0.15) is 0 Å². The Kier molecular flexibility index (Phi) is 4.42. The van der Waals surface area contributed by atoms with Crippen LogP contribution in [0.5, 0.6) is 11.5 Å². The van der Waals surface area contributed by atoms with Gasteiger partial charge < -0.3 is 9.47 Å². The van der Waals surface area contributed by atoms with Crippen LogP contribution in [-0.2, 0) is 0 Å². The summed E-state index contributed by atoms with van der Waals surface area (Å²) in [6.07, 6.45) is -0.318. The number of methoxy groups -OCH3 is 1. The molecule has 5 nitrogen and oxygen atoms in total. The van der Waals surface area contributed by atoms with Crippen LogP contribution in [0.25, 0.3) is 0 Å². The average molecular weight is 287 g/mol. The first-order valence-electron chi connectivity index (χ1n) is 6.57. The Hall–Kier alpha value is -2.56. The van der Waals surface area contributed by atoms with Gasteiger partial charge in [-0.05, 0) is 37.1 Å². The van der Waals surface area contributed by atoms with Gasteiger partial charge in [-0.15, -0.1) is 0 Å². The van der Waals surface area contributed by atoms with E-state index in [9.17, 15) is 10.1 Å². The second-order valence-electron chi connectivity index (χ2n) is 4.77. The van der Waals surface area contributed by atoms with E-state index in [1.807, 2.05) is 32.0 Å². The minimum absolute atomic E-state index is 0.0545. The molecule has 21 heavy (non-hydrogen) atoms. The van der Waals surface area contributed by atoms with Gasteiger partial charge in [0.15, 0.2) is 11.5 Å². The number of rotatable bonds is 5. The molecule has 0 aliphatic carbocycles. The van der Waals surface area contributed by atoms with Crippen molar-refractivity contribution in [1.82, 2.24) is 0 Å². The van der Waals surface area contributed by atoms with Crippen LogP contribution in [0, 0.1) is 17.0 Å². The van der Waals surface area contributed by atoms with Crippen LogP contribution in [-0.4, -0.2) is 12.0 Å². The highest BCUT2D eigenvalue weighted by Crippen LogP contribution is 2.32. The molecule has 0 fully saturated rings. The number of benzene rings is 2. The van der Waals surface area contributed by atoms with E-state index in [0.29, 0.717) is 11.5 Å². The topological polar surface area (TPSA) is 61.6 Å². The lowest BCUT2D eigenvalue weighted by Crippen LogP contribution is -2.05. The van der Waals surface area contributed by atoms with E-state index in [0.717, 1.165) is 11.1 Å². The van der Waals surface area contributed by atoms with Crippen molar-refractivity contribution >= 4 is 5.69 Å². The predicted octanol–water partition coefficient (Wildman–Crippen LogP) is 4.05. The molecule has 0 aliphatic rings. The maximum Gasteiger partial charge on any atom is 0.269 e. The van der Waals surface area contributed by atoms with E-state index in [1.165, 1.54) is 12.1 Å². The molecule has 0 bridgehead atoms. The van der Waals surface area contributed by atoms with Gasteiger partial charge in [0.25, 0.3) is 5.69 Å². The summed E-state index contributed by atoms with van der Waals surface area (Å²) in [5, 5.41) is 10.8. The molecule has 0 radical (unpaired) electrons. The number of hydrogen-bond acceptors (Lipinski definition) is 4. The molecule has 0 aromatic heterocycles. The van der Waals surface area contributed by atoms with Crippen LogP contribution in [0.2, 0.25) is 0 Å². The van der Waals surface area contributed by atoms with Gasteiger partial charge in [0.1, 0.15) is 6.10 Å². The van der Waals surface area contributed by atoms with Gasteiger partial charge in [-0.25, -0.2) is 0 Å². The molecule has 0 amide bonds. The highest BCUT2D eigenvalue weighted by atomic mass is 16.6. The van der Waals surface area contributed by atoms with Crippen molar-refractivity contribution < 1.29 is 14.4 Å². The van der Waals surface area contributed by atoms with E-state index >= 15 is 0 Å². The molecule has 110 valence electrons. The smallest absolute Gasteiger partial charge is 0.269 e. The number of nitro benzene ring substituents is 1. The molecule has 0 unspecified atom stereocenters. The average Bonchev–Trinajstić information content (AvgIpc) is 2.49. The van der Waals surface area contributed by atoms with Gasteiger partial charge in [-0.3, -0.25) is 10.1 Å². The van der Waals surface area contributed by atoms with Gasteiger partial charge in [0.05, 0.1) is 12.0 Å². The Morgan fingerprint density at radius 3 is 2.57 bits per heavy atom. The number of nitrogens with zero attached hydrogens (tertiary/aromatic N) is 1. The Bertz CT molecular complexity index is 654. The lowest BCUT2D eigenvalue weighted by Gasteiger charge is -2.17. The molecular formula is C16H17NO4. The molecule has 2 rings (SSSR count). The molecule has 0 saturated carbocycles. The summed E-state index contributed by atoms with van der Waals surface area (Å²) >= 11 is 0. The van der Waals surface area contributed by atoms with Crippen LogP contribution in [0.4, 0.5) is 5.69 Å². The normalized spacial score (nSPS) is 11.8. The summed E-state index contributed by atoms with van der Waals surface area (Å²) in [6.45, 7) is 3.81. The van der Waals surface area contributed by atoms with Crippen LogP contribution in [0.3, 0.4) is 0 Å². The second-order valence-corrected chi connectivity index (χ2v) is 4.77. The number of hydrogen-bond donors (Lipinski definition) is 0. The highest BCUT2D eigenvalue weighted by Gasteiger charge is 2.14. The third-order valence-electron chi connectivity index (χ3n) is 3.17. The number of aryl methyl sites for hydroxylation is 1. The fourth-order valence-electron chi connectivity index (χ4n) is 2.02. The van der Waals surface area contributed by atoms with Crippen molar-refractivity contribution in [3.63, 3.8) is 0 Å². The molecule has 2 aromatic carbocycles. The maximum atomic E-state index is 10.8. The van der Waals surface area contributed by atoms with E-state index in [-0.39, 0.29) is 11.8 Å². The van der Waals surface area contributed by atoms with E-state index in [2.05, 4.69) is 0 Å². The first kappa shape index (κ1) is 14.8. The number of ether oxygens (including phenoxy) is 2. The second kappa shape index (κ2) is 6.26. The molecule has 2 aromatic rings. The Morgan fingerprint density at radius 1 is 1.14 bits per heavy atom. The lowest BCUT2D eigenvalue weighted by molar-refractivity contribution is -0.385. The predicted molar refractivity (Wildman–Crippen MR) is 79.9 cm³/mol. The fourth-order valence-corrected chi connectivity index (χ4v) is 2.02. The number of non-ortho nitro benzene ring substituents is 1. The zero-order valence-electron chi connectivity index (χ0n) is 12.2. The third kappa shape index (κ3) is 3.51. The van der Waals surface area contributed by atoms with Crippen molar-refractivity contribution in [2.45, 2.75) is 20.0 Å². The largest absolute Gasteiger partial charge is 0.493 e. The summed E-state index contributed by atoms with van der Waals surface area (Å²) in [7, 11) is 1.58. The molecule has 0 spiro atoms. The first-order valence-corrected chi connectivity index (χ1v) is 6.57. The van der Waals surface area contributed by atoms with E-state index < -0.39 is 4.92 Å². The Labute approximate surface area is 123 Å². The highest BCUT2D eigenvalue weighted by molar-refractivity contribution is 5.43. The zero-order valence-corrected chi connectivity index (χ0v) is 12.2. The van der Waals surface area contributed by atoms with Gasteiger partial charge in [0.2, 0.25) is 0 Å². The summed E-state index contributed by atoms with van der Waals surface area (Å²) < 4.78 is 11.2. The summed E-state index contributed by atoms with van der Waals surface area (Å²) in [5.41, 5.74) is 1.87. The standard InChI is InChI=1S/C16H17NO4/c1-11-7-8-15(16(9-11)20-3)21-12(2)13-5-4-6-14(10-13)17(18)19/h4-10,12H,1-3H3/t12-/m0/s1. The summed E-state index contributed by atoms with van der Waals surface area (Å²) in [5.74, 6) is 1.26. The zero-order chi connectivity index (χ0) is 15.4. The summed E-state index contributed by atoms with van der Waals surface area (Å²) in [4.78, 5) is 10.4. The van der Waals surface area contributed by atoms with Crippen molar-refractivity contribution in [2.75, 3.05) is 7.11 Å². The van der Waals surface area contributed by atoms with Crippen LogP contribution >= 0.6 is 0 Å². The van der Waals surface area contributed by atoms with Crippen molar-refractivity contribution in [3.8, 4) is 11.5 Å². The van der Waals surface area contributed by atoms with Crippen LogP contribution in [0.15, 0.2) is 42.5 Å². The monoisotopic (exact) mass is 287 g/mol. The molecule has 0 N–H and O–H groups in total.